The minimum atomic E-state index is -0.144. The Bertz CT molecular complexity index is 632. The molecule has 1 aliphatic rings. The molecule has 2 amide bonds. The molecule has 2 N–H and O–H groups in total. The third kappa shape index (κ3) is 4.47. The molecular formula is C17H23N5O2. The first-order valence-corrected chi connectivity index (χ1v) is 8.32. The third-order valence-corrected chi connectivity index (χ3v) is 4.06. The Morgan fingerprint density at radius 2 is 2.25 bits per heavy atom. The lowest BCUT2D eigenvalue weighted by Gasteiger charge is -2.33. The van der Waals surface area contributed by atoms with Crippen LogP contribution in [0.4, 0.5) is 10.7 Å². The summed E-state index contributed by atoms with van der Waals surface area (Å²) in [5.74, 6) is 1.59. The maximum absolute atomic E-state index is 12.2. The Morgan fingerprint density at radius 3 is 3.00 bits per heavy atom. The van der Waals surface area contributed by atoms with Crippen LogP contribution in [0, 0.1) is 0 Å². The smallest absolute Gasteiger partial charge is 0.315 e. The monoisotopic (exact) mass is 329 g/mol. The molecule has 0 unspecified atom stereocenters. The van der Waals surface area contributed by atoms with Gasteiger partial charge in [-0.15, -0.1) is 0 Å². The molecule has 7 heteroatoms. The summed E-state index contributed by atoms with van der Waals surface area (Å²) in [5, 5.41) is 6.01. The molecule has 128 valence electrons. The van der Waals surface area contributed by atoms with E-state index < -0.39 is 0 Å². The van der Waals surface area contributed by atoms with E-state index in [1.54, 1.807) is 24.7 Å². The van der Waals surface area contributed by atoms with E-state index in [4.69, 9.17) is 4.42 Å². The van der Waals surface area contributed by atoms with Gasteiger partial charge in [0.15, 0.2) is 0 Å². The highest BCUT2D eigenvalue weighted by Crippen LogP contribution is 2.15. The fourth-order valence-corrected chi connectivity index (χ4v) is 2.96. The van der Waals surface area contributed by atoms with Crippen LogP contribution in [-0.2, 0) is 6.42 Å². The van der Waals surface area contributed by atoms with E-state index in [9.17, 15) is 4.79 Å². The van der Waals surface area contributed by atoms with Gasteiger partial charge in [0, 0.05) is 44.0 Å². The first-order valence-electron chi connectivity index (χ1n) is 8.32. The van der Waals surface area contributed by atoms with Crippen LogP contribution in [0.3, 0.4) is 0 Å². The van der Waals surface area contributed by atoms with Gasteiger partial charge in [0.05, 0.1) is 6.26 Å². The van der Waals surface area contributed by atoms with Crippen LogP contribution in [0.1, 0.15) is 25.5 Å². The second-order valence-corrected chi connectivity index (χ2v) is 6.14. The highest BCUT2D eigenvalue weighted by molar-refractivity contribution is 5.74. The zero-order valence-corrected chi connectivity index (χ0v) is 13.8. The number of nitrogens with one attached hydrogen (secondary N) is 2. The van der Waals surface area contributed by atoms with Gasteiger partial charge in [0.25, 0.3) is 0 Å². The molecule has 0 radical (unpaired) electrons. The topological polar surface area (TPSA) is 83.3 Å². The average molecular weight is 329 g/mol. The maximum Gasteiger partial charge on any atom is 0.315 e. The molecule has 24 heavy (non-hydrogen) atoms. The van der Waals surface area contributed by atoms with E-state index in [1.807, 2.05) is 19.1 Å². The Kier molecular flexibility index (Phi) is 5.30. The normalized spacial score (nSPS) is 18.9. The van der Waals surface area contributed by atoms with Crippen molar-refractivity contribution in [3.05, 3.63) is 42.6 Å². The van der Waals surface area contributed by atoms with Crippen LogP contribution in [0.15, 0.2) is 41.3 Å². The van der Waals surface area contributed by atoms with Crippen LogP contribution in [-0.4, -0.2) is 41.2 Å². The van der Waals surface area contributed by atoms with Gasteiger partial charge in [0.1, 0.15) is 5.76 Å². The van der Waals surface area contributed by atoms with E-state index in [0.29, 0.717) is 6.42 Å². The van der Waals surface area contributed by atoms with Crippen molar-refractivity contribution in [2.45, 2.75) is 38.3 Å². The highest BCUT2D eigenvalue weighted by atomic mass is 16.3. The van der Waals surface area contributed by atoms with Crippen molar-refractivity contribution in [1.82, 2.24) is 20.6 Å². The Labute approximate surface area is 141 Å². The summed E-state index contributed by atoms with van der Waals surface area (Å²) in [4.78, 5) is 22.9. The summed E-state index contributed by atoms with van der Waals surface area (Å²) in [6.45, 7) is 3.61. The predicted octanol–water partition coefficient (Wildman–Crippen LogP) is 1.97. The maximum atomic E-state index is 12.2. The van der Waals surface area contributed by atoms with Crippen LogP contribution in [0.25, 0.3) is 0 Å². The molecule has 7 nitrogen and oxygen atoms in total. The van der Waals surface area contributed by atoms with Crippen LogP contribution < -0.4 is 15.5 Å². The second kappa shape index (κ2) is 7.81. The molecule has 0 bridgehead atoms. The number of furan rings is 1. The molecule has 1 saturated heterocycles. The van der Waals surface area contributed by atoms with Gasteiger partial charge < -0.3 is 20.0 Å². The number of carbonyl (C=O) groups excluding carboxylic acids is 1. The van der Waals surface area contributed by atoms with E-state index in [0.717, 1.165) is 37.6 Å². The van der Waals surface area contributed by atoms with Gasteiger partial charge in [-0.1, -0.05) is 0 Å². The van der Waals surface area contributed by atoms with Crippen LogP contribution >= 0.6 is 0 Å². The molecule has 2 atom stereocenters. The summed E-state index contributed by atoms with van der Waals surface area (Å²) >= 11 is 0. The molecular weight excluding hydrogens is 306 g/mol. The fourth-order valence-electron chi connectivity index (χ4n) is 2.96. The third-order valence-electron chi connectivity index (χ3n) is 4.06. The van der Waals surface area contributed by atoms with Crippen molar-refractivity contribution in [3.8, 4) is 0 Å². The lowest BCUT2D eigenvalue weighted by molar-refractivity contribution is 0.231. The van der Waals surface area contributed by atoms with Crippen molar-refractivity contribution >= 4 is 12.0 Å². The van der Waals surface area contributed by atoms with Crippen LogP contribution in [0.5, 0.6) is 0 Å². The van der Waals surface area contributed by atoms with Gasteiger partial charge >= 0.3 is 6.03 Å². The number of carbonyl (C=O) groups is 1. The first kappa shape index (κ1) is 16.3. The molecule has 3 heterocycles. The van der Waals surface area contributed by atoms with Crippen molar-refractivity contribution in [2.75, 3.05) is 18.0 Å². The molecule has 0 aromatic carbocycles. The molecule has 2 aromatic heterocycles. The summed E-state index contributed by atoms with van der Waals surface area (Å²) < 4.78 is 5.31. The number of urea groups is 1. The standard InChI is InChI=1S/C17H23N5O2/c1-13(11-15-6-3-10-24-15)20-17(23)21-14-5-2-9-22(12-14)16-18-7-4-8-19-16/h3-4,6-8,10,13-14H,2,5,9,11-12H2,1H3,(H2,20,21,23)/t13-,14+/m1/s1. The van der Waals surface area contributed by atoms with Crippen molar-refractivity contribution in [2.24, 2.45) is 0 Å². The number of rotatable bonds is 5. The quantitative estimate of drug-likeness (QED) is 0.876. The molecule has 0 spiro atoms. The number of aromatic nitrogens is 2. The first-order chi connectivity index (χ1) is 11.7. The summed E-state index contributed by atoms with van der Waals surface area (Å²) in [5.41, 5.74) is 0. The predicted molar refractivity (Wildman–Crippen MR) is 90.8 cm³/mol. The van der Waals surface area contributed by atoms with Gasteiger partial charge in [-0.05, 0) is 38.0 Å². The van der Waals surface area contributed by atoms with Crippen molar-refractivity contribution in [1.29, 1.82) is 0 Å². The number of hydrogen-bond acceptors (Lipinski definition) is 5. The molecule has 1 aliphatic heterocycles. The van der Waals surface area contributed by atoms with Crippen molar-refractivity contribution in [3.63, 3.8) is 0 Å². The highest BCUT2D eigenvalue weighted by Gasteiger charge is 2.23. The SMILES string of the molecule is C[C@H](Cc1ccco1)NC(=O)N[C@H]1CCCN(c2ncccn2)C1. The number of piperidine rings is 1. The fraction of sp³-hybridized carbons (Fsp3) is 0.471. The van der Waals surface area contributed by atoms with Gasteiger partial charge in [-0.25, -0.2) is 14.8 Å². The van der Waals surface area contributed by atoms with Gasteiger partial charge in [-0.2, -0.15) is 0 Å². The van der Waals surface area contributed by atoms with E-state index in [1.165, 1.54) is 0 Å². The largest absolute Gasteiger partial charge is 0.469 e. The molecule has 0 aliphatic carbocycles. The van der Waals surface area contributed by atoms with E-state index in [-0.39, 0.29) is 18.1 Å². The summed E-state index contributed by atoms with van der Waals surface area (Å²) in [6.07, 6.45) is 7.76. The second-order valence-electron chi connectivity index (χ2n) is 6.14. The average Bonchev–Trinajstić information content (AvgIpc) is 3.08. The number of amides is 2. The van der Waals surface area contributed by atoms with E-state index >= 15 is 0 Å². The Morgan fingerprint density at radius 1 is 1.42 bits per heavy atom. The minimum absolute atomic E-state index is 0.00769. The summed E-state index contributed by atoms with van der Waals surface area (Å²) in [7, 11) is 0. The van der Waals surface area contributed by atoms with Gasteiger partial charge in [-0.3, -0.25) is 0 Å². The Hall–Kier alpha value is -2.57. The lowest BCUT2D eigenvalue weighted by Crippen LogP contribution is -2.52. The van der Waals surface area contributed by atoms with Gasteiger partial charge in [0.2, 0.25) is 5.95 Å². The zero-order valence-electron chi connectivity index (χ0n) is 13.8. The number of nitrogens with zero attached hydrogens (tertiary/aromatic N) is 3. The molecule has 2 aromatic rings. The van der Waals surface area contributed by atoms with Crippen LogP contribution in [0.2, 0.25) is 0 Å². The van der Waals surface area contributed by atoms with E-state index in [2.05, 4.69) is 25.5 Å². The number of hydrogen-bond donors (Lipinski definition) is 2. The summed E-state index contributed by atoms with van der Waals surface area (Å²) in [6, 6.07) is 5.53. The number of anilines is 1. The zero-order chi connectivity index (χ0) is 16.8. The molecule has 3 rings (SSSR count). The molecule has 0 saturated carbocycles. The Balaban J connectivity index is 1.47. The van der Waals surface area contributed by atoms with Crippen molar-refractivity contribution < 1.29 is 9.21 Å². The minimum Gasteiger partial charge on any atom is -0.469 e. The molecule has 1 fully saturated rings. The lowest BCUT2D eigenvalue weighted by atomic mass is 10.1.